The molecule has 1 saturated heterocycles. The fourth-order valence-corrected chi connectivity index (χ4v) is 7.29. The van der Waals surface area contributed by atoms with Gasteiger partial charge in [0.2, 0.25) is 15.9 Å². The molecule has 2 aromatic rings. The molecule has 2 aliphatic rings. The molecule has 2 heterocycles. The molecule has 40 heavy (non-hydrogen) atoms. The summed E-state index contributed by atoms with van der Waals surface area (Å²) in [5, 5.41) is 4.66. The van der Waals surface area contributed by atoms with Crippen LogP contribution < -0.4 is 15.4 Å². The lowest BCUT2D eigenvalue weighted by molar-refractivity contribution is -0.139. The SMILES string of the molecule is CC[C@@H](C1CCC(N2CC(NC(=O)CNc3ncnc4ccc(C(F)(F)F)cc34)C2)CC1)S(=O)(=O)NC(F)(F)F. The second kappa shape index (κ2) is 11.6. The molecule has 4 rings (SSSR count). The van der Waals surface area contributed by atoms with Gasteiger partial charge in [-0.25, -0.2) is 18.4 Å². The molecule has 16 heteroatoms. The molecule has 1 aromatic carbocycles. The van der Waals surface area contributed by atoms with Crippen LogP contribution in [0.4, 0.5) is 32.2 Å². The number of sulfonamides is 1. The van der Waals surface area contributed by atoms with Crippen LogP contribution in [0, 0.1) is 5.92 Å². The number of aromatic nitrogens is 2. The summed E-state index contributed by atoms with van der Waals surface area (Å²) in [6.07, 6.45) is -5.99. The lowest BCUT2D eigenvalue weighted by Crippen LogP contribution is -2.63. The number of rotatable bonds is 9. The number of anilines is 1. The van der Waals surface area contributed by atoms with Crippen LogP contribution in [-0.2, 0) is 21.0 Å². The fraction of sp³-hybridized carbons (Fsp3) is 0.625. The molecule has 0 unspecified atom stereocenters. The average Bonchev–Trinajstić information content (AvgIpc) is 2.83. The number of amides is 1. The van der Waals surface area contributed by atoms with Crippen molar-refractivity contribution in [1.29, 1.82) is 0 Å². The van der Waals surface area contributed by atoms with Crippen molar-refractivity contribution in [3.05, 3.63) is 30.1 Å². The topological polar surface area (TPSA) is 116 Å². The van der Waals surface area contributed by atoms with E-state index in [1.165, 1.54) is 12.4 Å². The lowest BCUT2D eigenvalue weighted by atomic mass is 9.81. The first-order valence-corrected chi connectivity index (χ1v) is 14.4. The van der Waals surface area contributed by atoms with Crippen LogP contribution in [0.3, 0.4) is 0 Å². The monoisotopic (exact) mass is 596 g/mol. The molecule has 1 aliphatic heterocycles. The number of hydrogen-bond acceptors (Lipinski definition) is 7. The van der Waals surface area contributed by atoms with Gasteiger partial charge in [-0.3, -0.25) is 9.69 Å². The van der Waals surface area contributed by atoms with Crippen LogP contribution in [-0.4, -0.2) is 72.5 Å². The summed E-state index contributed by atoms with van der Waals surface area (Å²) in [6, 6.07) is 3.11. The van der Waals surface area contributed by atoms with Crippen LogP contribution in [0.25, 0.3) is 10.9 Å². The lowest BCUT2D eigenvalue weighted by Gasteiger charge is -2.47. The van der Waals surface area contributed by atoms with Gasteiger partial charge in [0.1, 0.15) is 12.1 Å². The van der Waals surface area contributed by atoms with Crippen LogP contribution >= 0.6 is 0 Å². The Kier molecular flexibility index (Phi) is 8.80. The van der Waals surface area contributed by atoms with Crippen molar-refractivity contribution in [2.24, 2.45) is 5.92 Å². The molecular formula is C24H30F6N6O3S. The van der Waals surface area contributed by atoms with E-state index < -0.39 is 33.3 Å². The van der Waals surface area contributed by atoms with E-state index in [4.69, 9.17) is 0 Å². The van der Waals surface area contributed by atoms with E-state index in [0.717, 1.165) is 16.9 Å². The van der Waals surface area contributed by atoms with Gasteiger partial charge in [-0.05, 0) is 56.2 Å². The Labute approximate surface area is 227 Å². The molecule has 0 radical (unpaired) electrons. The molecule has 1 amide bonds. The minimum absolute atomic E-state index is 0.0842. The van der Waals surface area contributed by atoms with Crippen LogP contribution in [0.1, 0.15) is 44.6 Å². The van der Waals surface area contributed by atoms with Gasteiger partial charge < -0.3 is 10.6 Å². The highest BCUT2D eigenvalue weighted by Crippen LogP contribution is 2.36. The first-order chi connectivity index (χ1) is 18.7. The van der Waals surface area contributed by atoms with Crippen LogP contribution in [0.2, 0.25) is 0 Å². The first-order valence-electron chi connectivity index (χ1n) is 12.8. The van der Waals surface area contributed by atoms with Gasteiger partial charge in [-0.1, -0.05) is 6.92 Å². The predicted octanol–water partition coefficient (Wildman–Crippen LogP) is 3.64. The van der Waals surface area contributed by atoms with E-state index in [0.29, 0.717) is 44.3 Å². The maximum Gasteiger partial charge on any atom is 0.470 e. The molecule has 1 atom stereocenters. The van der Waals surface area contributed by atoms with Gasteiger partial charge >= 0.3 is 12.5 Å². The Morgan fingerprint density at radius 1 is 1.07 bits per heavy atom. The third kappa shape index (κ3) is 7.32. The van der Waals surface area contributed by atoms with Crippen molar-refractivity contribution in [2.75, 3.05) is 25.0 Å². The van der Waals surface area contributed by atoms with Gasteiger partial charge in [0.15, 0.2) is 0 Å². The third-order valence-corrected chi connectivity index (χ3v) is 9.53. The van der Waals surface area contributed by atoms with Crippen LogP contribution in [0.15, 0.2) is 24.5 Å². The standard InChI is InChI=1S/C24H30F6N6O3S/c1-2-20(40(38,39)35-24(28,29)30)14-3-6-17(7-4-14)36-11-16(12-36)34-21(37)10-31-22-18-9-15(23(25,26)27)5-8-19(18)32-13-33-22/h5,8-9,13-14,16-17,20,35H,2-4,6-7,10-12H2,1H3,(H,34,37)(H,31,32,33)/t14?,17?,20-/m0/s1. The summed E-state index contributed by atoms with van der Waals surface area (Å²) in [7, 11) is -4.53. The molecule has 1 aliphatic carbocycles. The molecule has 0 spiro atoms. The van der Waals surface area contributed by atoms with Crippen LogP contribution in [0.5, 0.6) is 0 Å². The Balaban J connectivity index is 1.23. The van der Waals surface area contributed by atoms with Crippen molar-refractivity contribution >= 4 is 32.7 Å². The highest BCUT2D eigenvalue weighted by atomic mass is 32.2. The summed E-state index contributed by atoms with van der Waals surface area (Å²) in [5.74, 6) is -0.620. The van der Waals surface area contributed by atoms with E-state index in [9.17, 15) is 39.6 Å². The molecule has 1 aromatic heterocycles. The third-order valence-electron chi connectivity index (χ3n) is 7.50. The van der Waals surface area contributed by atoms with E-state index in [-0.39, 0.29) is 48.1 Å². The number of carbonyl (C=O) groups is 1. The Hall–Kier alpha value is -2.72. The minimum atomic E-state index is -5.00. The molecule has 0 bridgehead atoms. The predicted molar refractivity (Wildman–Crippen MR) is 134 cm³/mol. The normalized spacial score (nSPS) is 22.1. The number of nitrogens with one attached hydrogen (secondary N) is 3. The smallest absolute Gasteiger partial charge is 0.360 e. The summed E-state index contributed by atoms with van der Waals surface area (Å²) in [6.45, 7) is 2.49. The molecule has 1 saturated carbocycles. The number of hydrogen-bond donors (Lipinski definition) is 3. The quantitative estimate of drug-likeness (QED) is 0.299. The zero-order valence-electron chi connectivity index (χ0n) is 21.5. The van der Waals surface area contributed by atoms with E-state index >= 15 is 0 Å². The summed E-state index contributed by atoms with van der Waals surface area (Å²) >= 11 is 0. The first kappa shape index (κ1) is 30.2. The maximum absolute atomic E-state index is 13.1. The number of fused-ring (bicyclic) bond motifs is 1. The van der Waals surface area contributed by atoms with E-state index in [2.05, 4.69) is 25.5 Å². The molecule has 2 fully saturated rings. The number of likely N-dealkylation sites (tertiary alicyclic amines) is 1. The number of carbonyl (C=O) groups excluding carboxylic acids is 1. The minimum Gasteiger partial charge on any atom is -0.360 e. The zero-order valence-corrected chi connectivity index (χ0v) is 22.3. The van der Waals surface area contributed by atoms with E-state index in [1.807, 2.05) is 0 Å². The van der Waals surface area contributed by atoms with Crippen molar-refractivity contribution < 1.29 is 39.6 Å². The zero-order chi connectivity index (χ0) is 29.3. The highest BCUT2D eigenvalue weighted by molar-refractivity contribution is 7.90. The maximum atomic E-state index is 13.1. The van der Waals surface area contributed by atoms with Gasteiger partial charge in [-0.15, -0.1) is 4.72 Å². The molecular weight excluding hydrogens is 566 g/mol. The Morgan fingerprint density at radius 3 is 2.35 bits per heavy atom. The van der Waals surface area contributed by atoms with Gasteiger partial charge in [0, 0.05) is 24.5 Å². The Bertz CT molecular complexity index is 1310. The van der Waals surface area contributed by atoms with Crippen molar-refractivity contribution in [2.45, 2.75) is 68.8 Å². The van der Waals surface area contributed by atoms with Crippen molar-refractivity contribution in [1.82, 2.24) is 24.9 Å². The van der Waals surface area contributed by atoms with Gasteiger partial charge in [0.25, 0.3) is 0 Å². The Morgan fingerprint density at radius 2 is 1.75 bits per heavy atom. The number of halogens is 6. The fourth-order valence-electron chi connectivity index (χ4n) is 5.60. The van der Waals surface area contributed by atoms with E-state index in [1.54, 1.807) is 6.92 Å². The average molecular weight is 597 g/mol. The number of alkyl halides is 6. The van der Waals surface area contributed by atoms with Crippen molar-refractivity contribution in [3.8, 4) is 0 Å². The highest BCUT2D eigenvalue weighted by Gasteiger charge is 2.43. The van der Waals surface area contributed by atoms with Gasteiger partial charge in [0.05, 0.1) is 28.9 Å². The number of nitrogens with zero attached hydrogens (tertiary/aromatic N) is 3. The summed E-state index contributed by atoms with van der Waals surface area (Å²) in [4.78, 5) is 22.5. The molecule has 3 N–H and O–H groups in total. The van der Waals surface area contributed by atoms with Gasteiger partial charge in [-0.2, -0.15) is 26.3 Å². The number of benzene rings is 1. The molecule has 222 valence electrons. The second-order valence-corrected chi connectivity index (χ2v) is 12.1. The summed E-state index contributed by atoms with van der Waals surface area (Å²) in [5.41, 5.74) is -0.551. The summed E-state index contributed by atoms with van der Waals surface area (Å²) < 4.78 is 102. The van der Waals surface area contributed by atoms with Crippen molar-refractivity contribution in [3.63, 3.8) is 0 Å². The second-order valence-electron chi connectivity index (χ2n) is 10.2. The molecule has 9 nitrogen and oxygen atoms in total. The largest absolute Gasteiger partial charge is 0.470 e.